The molecule has 3 aromatic rings. The average molecular weight is 655 g/mol. The van der Waals surface area contributed by atoms with Gasteiger partial charge in [0.15, 0.2) is 9.84 Å². The number of hydrogen-bond acceptors (Lipinski definition) is 7. The highest BCUT2D eigenvalue weighted by Crippen LogP contribution is 2.27. The van der Waals surface area contributed by atoms with Crippen molar-refractivity contribution in [3.05, 3.63) is 94.4 Å². The van der Waals surface area contributed by atoms with E-state index in [1.165, 1.54) is 60.7 Å². The Labute approximate surface area is 240 Å². The number of nitrogens with one attached hydrogen (secondary N) is 2. The van der Waals surface area contributed by atoms with Gasteiger partial charge < -0.3 is 10.1 Å². The van der Waals surface area contributed by atoms with Crippen LogP contribution in [-0.2, 0) is 24.6 Å². The van der Waals surface area contributed by atoms with E-state index in [2.05, 4.69) is 32.5 Å². The van der Waals surface area contributed by atoms with E-state index in [0.29, 0.717) is 36.5 Å². The molecule has 206 valence electrons. The zero-order valence-electron chi connectivity index (χ0n) is 20.5. The van der Waals surface area contributed by atoms with Gasteiger partial charge in [0.1, 0.15) is 5.37 Å². The number of carbonyl (C=O) groups excluding carboxylic acids is 1. The van der Waals surface area contributed by atoms with Gasteiger partial charge in [0.05, 0.1) is 34.3 Å². The Morgan fingerprint density at radius 2 is 1.59 bits per heavy atom. The van der Waals surface area contributed by atoms with Gasteiger partial charge in [-0.1, -0.05) is 33.6 Å². The summed E-state index contributed by atoms with van der Waals surface area (Å²) in [5, 5.41) is 1.98. The van der Waals surface area contributed by atoms with Crippen LogP contribution in [-0.4, -0.2) is 59.3 Å². The molecule has 39 heavy (non-hydrogen) atoms. The van der Waals surface area contributed by atoms with Crippen molar-refractivity contribution in [2.24, 2.45) is 0 Å². The predicted octanol–water partition coefficient (Wildman–Crippen LogP) is 4.77. The first-order valence-electron chi connectivity index (χ1n) is 11.7. The highest BCUT2D eigenvalue weighted by Gasteiger charge is 2.31. The molecular formula is C26H25BrClN3O6S2. The van der Waals surface area contributed by atoms with E-state index >= 15 is 0 Å². The van der Waals surface area contributed by atoms with Crippen LogP contribution in [0.1, 0.15) is 10.4 Å². The van der Waals surface area contributed by atoms with Crippen LogP contribution in [0.3, 0.4) is 0 Å². The number of nitrogens with zero attached hydrogens (tertiary/aromatic N) is 1. The summed E-state index contributed by atoms with van der Waals surface area (Å²) < 4.78 is 60.7. The second kappa shape index (κ2) is 12.2. The third-order valence-electron chi connectivity index (χ3n) is 5.96. The van der Waals surface area contributed by atoms with Crippen molar-refractivity contribution in [2.45, 2.75) is 15.2 Å². The van der Waals surface area contributed by atoms with Crippen LogP contribution in [0.4, 0.5) is 11.4 Å². The molecule has 1 aliphatic heterocycles. The SMILES string of the molecule is C=CC(N1CCOCC1)S(=O)(=O)c1ccc(NC(=O)c2cc(Cl)ccc2NS(=O)(=O)c2ccc(Br)cc2)cc1. The minimum Gasteiger partial charge on any atom is -0.379 e. The fourth-order valence-corrected chi connectivity index (χ4v) is 7.15. The minimum absolute atomic E-state index is 0.0127. The van der Waals surface area contributed by atoms with E-state index in [-0.39, 0.29) is 26.1 Å². The van der Waals surface area contributed by atoms with Crippen molar-refractivity contribution in [1.82, 2.24) is 4.90 Å². The number of halogens is 2. The van der Waals surface area contributed by atoms with E-state index in [9.17, 15) is 21.6 Å². The summed E-state index contributed by atoms with van der Waals surface area (Å²) in [6.07, 6.45) is 1.40. The van der Waals surface area contributed by atoms with Crippen LogP contribution in [0, 0.1) is 0 Å². The number of ether oxygens (including phenoxy) is 1. The number of benzene rings is 3. The van der Waals surface area contributed by atoms with Crippen molar-refractivity contribution >= 4 is 64.7 Å². The topological polar surface area (TPSA) is 122 Å². The van der Waals surface area contributed by atoms with Crippen LogP contribution in [0.15, 0.2) is 93.6 Å². The molecule has 1 atom stereocenters. The van der Waals surface area contributed by atoms with Gasteiger partial charge in [-0.2, -0.15) is 0 Å². The molecule has 1 unspecified atom stereocenters. The maximum absolute atomic E-state index is 13.2. The molecule has 0 saturated carbocycles. The van der Waals surface area contributed by atoms with Gasteiger partial charge in [-0.3, -0.25) is 14.4 Å². The van der Waals surface area contributed by atoms with Crippen molar-refractivity contribution in [2.75, 3.05) is 36.3 Å². The van der Waals surface area contributed by atoms with Crippen LogP contribution in [0.25, 0.3) is 0 Å². The maximum Gasteiger partial charge on any atom is 0.261 e. The second-order valence-electron chi connectivity index (χ2n) is 8.55. The van der Waals surface area contributed by atoms with Crippen molar-refractivity contribution in [3.63, 3.8) is 0 Å². The molecule has 1 fully saturated rings. The van der Waals surface area contributed by atoms with E-state index in [4.69, 9.17) is 16.3 Å². The fourth-order valence-electron chi connectivity index (χ4n) is 3.98. The molecule has 9 nitrogen and oxygen atoms in total. The number of rotatable bonds is 9. The molecule has 0 aliphatic carbocycles. The Morgan fingerprint density at radius 3 is 2.21 bits per heavy atom. The summed E-state index contributed by atoms with van der Waals surface area (Å²) in [6, 6.07) is 15.9. The van der Waals surface area contributed by atoms with Crippen LogP contribution in [0.5, 0.6) is 0 Å². The van der Waals surface area contributed by atoms with E-state index in [1.807, 2.05) is 0 Å². The van der Waals surface area contributed by atoms with Crippen LogP contribution in [0.2, 0.25) is 5.02 Å². The molecule has 0 aromatic heterocycles. The quantitative estimate of drug-likeness (QED) is 0.319. The summed E-state index contributed by atoms with van der Waals surface area (Å²) in [4.78, 5) is 15.0. The molecule has 1 aliphatic rings. The Hall–Kier alpha value is -2.74. The maximum atomic E-state index is 13.2. The van der Waals surface area contributed by atoms with E-state index in [1.54, 1.807) is 17.0 Å². The van der Waals surface area contributed by atoms with E-state index in [0.717, 1.165) is 0 Å². The van der Waals surface area contributed by atoms with Gasteiger partial charge in [0, 0.05) is 28.3 Å². The normalized spacial score (nSPS) is 15.3. The second-order valence-corrected chi connectivity index (χ2v) is 13.6. The lowest BCUT2D eigenvalue weighted by Gasteiger charge is -2.32. The van der Waals surface area contributed by atoms with Gasteiger partial charge >= 0.3 is 0 Å². The highest BCUT2D eigenvalue weighted by atomic mass is 79.9. The number of amides is 1. The first-order valence-corrected chi connectivity index (χ1v) is 15.9. The number of morpholine rings is 1. The molecular weight excluding hydrogens is 630 g/mol. The standard InChI is InChI=1S/C26H25BrClN3O6S2/c1-2-25(31-13-15-37-16-14-31)38(33,34)21-10-6-20(7-11-21)29-26(32)23-17-19(28)5-12-24(23)30-39(35,36)22-8-3-18(27)4-9-22/h2-12,17,25,30H,1,13-16H2,(H,29,32). The Balaban J connectivity index is 1.53. The Morgan fingerprint density at radius 1 is 0.974 bits per heavy atom. The average Bonchev–Trinajstić information content (AvgIpc) is 2.91. The zero-order chi connectivity index (χ0) is 28.2. The Kier molecular flexibility index (Phi) is 9.14. The number of sulfonamides is 1. The van der Waals surface area contributed by atoms with Crippen molar-refractivity contribution < 1.29 is 26.4 Å². The van der Waals surface area contributed by atoms with Crippen molar-refractivity contribution in [1.29, 1.82) is 0 Å². The fraction of sp³-hybridized carbons (Fsp3) is 0.192. The number of hydrogen-bond donors (Lipinski definition) is 2. The monoisotopic (exact) mass is 653 g/mol. The molecule has 3 aromatic carbocycles. The van der Waals surface area contributed by atoms with Crippen molar-refractivity contribution in [3.8, 4) is 0 Å². The smallest absolute Gasteiger partial charge is 0.261 e. The minimum atomic E-state index is -3.99. The lowest BCUT2D eigenvalue weighted by molar-refractivity contribution is 0.0374. The molecule has 2 N–H and O–H groups in total. The summed E-state index contributed by atoms with van der Waals surface area (Å²) >= 11 is 9.36. The lowest BCUT2D eigenvalue weighted by Crippen LogP contribution is -2.46. The van der Waals surface area contributed by atoms with Gasteiger partial charge in [0.25, 0.3) is 15.9 Å². The molecule has 1 amide bonds. The molecule has 0 spiro atoms. The summed E-state index contributed by atoms with van der Waals surface area (Å²) in [7, 11) is -7.76. The van der Waals surface area contributed by atoms with Gasteiger partial charge in [-0.15, -0.1) is 6.58 Å². The zero-order valence-corrected chi connectivity index (χ0v) is 24.5. The summed E-state index contributed by atoms with van der Waals surface area (Å²) in [6.45, 7) is 5.52. The number of sulfone groups is 1. The largest absolute Gasteiger partial charge is 0.379 e. The number of anilines is 2. The highest BCUT2D eigenvalue weighted by molar-refractivity contribution is 9.10. The third kappa shape index (κ3) is 6.89. The number of carbonyl (C=O) groups is 1. The lowest BCUT2D eigenvalue weighted by atomic mass is 10.1. The molecule has 13 heteroatoms. The molecule has 1 saturated heterocycles. The van der Waals surface area contributed by atoms with Crippen LogP contribution >= 0.6 is 27.5 Å². The van der Waals surface area contributed by atoms with Gasteiger partial charge in [0.2, 0.25) is 0 Å². The first kappa shape index (κ1) is 29.2. The van der Waals surface area contributed by atoms with E-state index < -0.39 is 31.1 Å². The predicted molar refractivity (Wildman–Crippen MR) is 154 cm³/mol. The summed E-state index contributed by atoms with van der Waals surface area (Å²) in [5.41, 5.74) is 0.319. The molecule has 1 heterocycles. The Bertz CT molecular complexity index is 1570. The van der Waals surface area contributed by atoms with Gasteiger partial charge in [-0.25, -0.2) is 16.8 Å². The molecule has 4 rings (SSSR count). The molecule has 0 bridgehead atoms. The first-order chi connectivity index (χ1) is 18.5. The van der Waals surface area contributed by atoms with Crippen LogP contribution < -0.4 is 10.0 Å². The van der Waals surface area contributed by atoms with Gasteiger partial charge in [-0.05, 0) is 66.7 Å². The third-order valence-corrected chi connectivity index (χ3v) is 10.2. The molecule has 0 radical (unpaired) electrons. The summed E-state index contributed by atoms with van der Waals surface area (Å²) in [5.74, 6) is -0.640.